The Balaban J connectivity index is 2.15. The summed E-state index contributed by atoms with van der Waals surface area (Å²) in [4.78, 5) is 11.0. The van der Waals surface area contributed by atoms with E-state index in [9.17, 15) is 4.79 Å². The highest BCUT2D eigenvalue weighted by atomic mass is 79.9. The summed E-state index contributed by atoms with van der Waals surface area (Å²) in [5.74, 6) is 0.0492. The molecule has 1 amide bonds. The van der Waals surface area contributed by atoms with Crippen LogP contribution in [0.2, 0.25) is 0 Å². The van der Waals surface area contributed by atoms with Crippen molar-refractivity contribution in [2.24, 2.45) is 0 Å². The second kappa shape index (κ2) is 4.54. The molecule has 4 nitrogen and oxygen atoms in total. The van der Waals surface area contributed by atoms with E-state index in [1.807, 2.05) is 12.1 Å². The molecule has 1 aromatic carbocycles. The van der Waals surface area contributed by atoms with Crippen LogP contribution in [-0.2, 0) is 4.79 Å². The number of anilines is 1. The Hall–Kier alpha value is -1.54. The van der Waals surface area contributed by atoms with Gasteiger partial charge in [0.25, 0.3) is 0 Å². The number of hydrogen-bond acceptors (Lipinski definition) is 3. The summed E-state index contributed by atoms with van der Waals surface area (Å²) in [5.41, 5.74) is 1.35. The summed E-state index contributed by atoms with van der Waals surface area (Å²) >= 11 is 3.31. The zero-order valence-electron chi connectivity index (χ0n) is 8.46. The van der Waals surface area contributed by atoms with E-state index in [2.05, 4.69) is 32.6 Å². The average molecular weight is 280 g/mol. The molecule has 1 aromatic rings. The molecular formula is C11H10BrN3O. The molecule has 1 unspecified atom stereocenters. The van der Waals surface area contributed by atoms with Gasteiger partial charge in [0.05, 0.1) is 17.3 Å². The largest absolute Gasteiger partial charge is 0.379 e. The van der Waals surface area contributed by atoms with Crippen molar-refractivity contribution in [1.29, 1.82) is 5.26 Å². The van der Waals surface area contributed by atoms with Crippen LogP contribution in [0.1, 0.15) is 12.0 Å². The number of amides is 1. The number of hydrogen-bond donors (Lipinski definition) is 2. The van der Waals surface area contributed by atoms with E-state index in [-0.39, 0.29) is 11.9 Å². The molecule has 0 aromatic heterocycles. The third-order valence-corrected chi connectivity index (χ3v) is 2.93. The van der Waals surface area contributed by atoms with Gasteiger partial charge in [-0.05, 0) is 18.2 Å². The number of nitriles is 1. The normalized spacial score (nSPS) is 19.0. The summed E-state index contributed by atoms with van der Waals surface area (Å²) in [7, 11) is 0. The van der Waals surface area contributed by atoms with E-state index in [1.54, 1.807) is 6.07 Å². The van der Waals surface area contributed by atoms with Crippen molar-refractivity contribution in [1.82, 2.24) is 5.32 Å². The molecule has 0 bridgehead atoms. The van der Waals surface area contributed by atoms with Crippen LogP contribution < -0.4 is 10.6 Å². The first kappa shape index (κ1) is 11.0. The van der Waals surface area contributed by atoms with E-state index in [0.717, 1.165) is 10.2 Å². The number of carbonyl (C=O) groups excluding carboxylic acids is 1. The summed E-state index contributed by atoms with van der Waals surface area (Å²) in [6.45, 7) is 0.611. The first-order valence-electron chi connectivity index (χ1n) is 4.92. The van der Waals surface area contributed by atoms with Crippen LogP contribution in [0.3, 0.4) is 0 Å². The first-order chi connectivity index (χ1) is 7.69. The molecule has 1 saturated heterocycles. The van der Waals surface area contributed by atoms with Crippen molar-refractivity contribution >= 4 is 27.5 Å². The molecule has 2 N–H and O–H groups in total. The first-order valence-corrected chi connectivity index (χ1v) is 5.71. The number of halogens is 1. The highest BCUT2D eigenvalue weighted by Gasteiger charge is 2.21. The van der Waals surface area contributed by atoms with Crippen molar-refractivity contribution in [3.63, 3.8) is 0 Å². The van der Waals surface area contributed by atoms with Crippen molar-refractivity contribution in [3.05, 3.63) is 28.2 Å². The van der Waals surface area contributed by atoms with E-state index < -0.39 is 0 Å². The Labute approximate surface area is 102 Å². The second-order valence-electron chi connectivity index (χ2n) is 3.65. The fraction of sp³-hybridized carbons (Fsp3) is 0.273. The smallest absolute Gasteiger partial charge is 0.222 e. The van der Waals surface area contributed by atoms with Crippen LogP contribution in [0, 0.1) is 11.3 Å². The van der Waals surface area contributed by atoms with E-state index in [1.165, 1.54) is 0 Å². The lowest BCUT2D eigenvalue weighted by molar-refractivity contribution is -0.119. The lowest BCUT2D eigenvalue weighted by Gasteiger charge is -2.13. The Morgan fingerprint density at radius 3 is 3.00 bits per heavy atom. The molecule has 0 spiro atoms. The van der Waals surface area contributed by atoms with Crippen LogP contribution in [0.25, 0.3) is 0 Å². The van der Waals surface area contributed by atoms with Crippen LogP contribution >= 0.6 is 15.9 Å². The van der Waals surface area contributed by atoms with Gasteiger partial charge in [-0.1, -0.05) is 15.9 Å². The highest BCUT2D eigenvalue weighted by Crippen LogP contribution is 2.21. The maximum Gasteiger partial charge on any atom is 0.222 e. The number of nitrogens with zero attached hydrogens (tertiary/aromatic N) is 1. The Morgan fingerprint density at radius 2 is 2.38 bits per heavy atom. The number of rotatable bonds is 2. The summed E-state index contributed by atoms with van der Waals surface area (Å²) in [6.07, 6.45) is 0.459. The van der Waals surface area contributed by atoms with Gasteiger partial charge in [-0.3, -0.25) is 4.79 Å². The molecule has 0 aliphatic carbocycles. The van der Waals surface area contributed by atoms with Crippen molar-refractivity contribution in [2.45, 2.75) is 12.5 Å². The van der Waals surface area contributed by atoms with Crippen LogP contribution in [0.15, 0.2) is 22.7 Å². The van der Waals surface area contributed by atoms with Gasteiger partial charge in [0.2, 0.25) is 5.91 Å². The summed E-state index contributed by atoms with van der Waals surface area (Å²) < 4.78 is 0.871. The molecule has 1 atom stereocenters. The van der Waals surface area contributed by atoms with Crippen LogP contribution in [-0.4, -0.2) is 18.5 Å². The van der Waals surface area contributed by atoms with Gasteiger partial charge in [0.1, 0.15) is 6.07 Å². The molecule has 0 saturated carbocycles. The maximum absolute atomic E-state index is 11.0. The third-order valence-electron chi connectivity index (χ3n) is 2.44. The monoisotopic (exact) mass is 279 g/mol. The SMILES string of the molecule is N#Cc1cc(Br)ccc1NC1CNC(=O)C1. The molecule has 82 valence electrons. The standard InChI is InChI=1S/C11H10BrN3O/c12-8-1-2-10(7(3-8)5-13)15-9-4-11(16)14-6-9/h1-3,9,15H,4,6H2,(H,14,16). The van der Waals surface area contributed by atoms with Gasteiger partial charge in [-0.25, -0.2) is 0 Å². The van der Waals surface area contributed by atoms with Crippen LogP contribution in [0.4, 0.5) is 5.69 Å². The third kappa shape index (κ3) is 2.34. The van der Waals surface area contributed by atoms with Gasteiger partial charge in [0, 0.05) is 17.4 Å². The van der Waals surface area contributed by atoms with Gasteiger partial charge < -0.3 is 10.6 Å². The molecule has 16 heavy (non-hydrogen) atoms. The fourth-order valence-corrected chi connectivity index (χ4v) is 2.02. The Morgan fingerprint density at radius 1 is 1.56 bits per heavy atom. The minimum Gasteiger partial charge on any atom is -0.379 e. The molecule has 2 rings (SSSR count). The van der Waals surface area contributed by atoms with Crippen LogP contribution in [0.5, 0.6) is 0 Å². The van der Waals surface area contributed by atoms with Crippen molar-refractivity contribution in [3.8, 4) is 6.07 Å². The molecule has 1 fully saturated rings. The number of benzene rings is 1. The highest BCUT2D eigenvalue weighted by molar-refractivity contribution is 9.10. The zero-order chi connectivity index (χ0) is 11.5. The molecule has 1 heterocycles. The lowest BCUT2D eigenvalue weighted by atomic mass is 10.1. The molecule has 0 radical (unpaired) electrons. The number of carbonyl (C=O) groups is 1. The van der Waals surface area contributed by atoms with Gasteiger partial charge in [0.15, 0.2) is 0 Å². The minimum absolute atomic E-state index is 0.0492. The molecular weight excluding hydrogens is 270 g/mol. The predicted molar refractivity (Wildman–Crippen MR) is 63.9 cm³/mol. The topological polar surface area (TPSA) is 64.9 Å². The Bertz CT molecular complexity index is 467. The molecule has 5 heteroatoms. The second-order valence-corrected chi connectivity index (χ2v) is 4.57. The molecule has 1 aliphatic rings. The predicted octanol–water partition coefficient (Wildman–Crippen LogP) is 1.62. The summed E-state index contributed by atoms with van der Waals surface area (Å²) in [5, 5.41) is 14.9. The van der Waals surface area contributed by atoms with E-state index in [4.69, 9.17) is 5.26 Å². The summed E-state index contributed by atoms with van der Waals surface area (Å²) in [6, 6.07) is 7.66. The maximum atomic E-state index is 11.0. The van der Waals surface area contributed by atoms with E-state index in [0.29, 0.717) is 18.5 Å². The molecule has 1 aliphatic heterocycles. The minimum atomic E-state index is 0.0492. The average Bonchev–Trinajstić information content (AvgIpc) is 2.67. The van der Waals surface area contributed by atoms with E-state index >= 15 is 0 Å². The van der Waals surface area contributed by atoms with Gasteiger partial charge in [-0.2, -0.15) is 5.26 Å². The van der Waals surface area contributed by atoms with Gasteiger partial charge in [-0.15, -0.1) is 0 Å². The van der Waals surface area contributed by atoms with Gasteiger partial charge >= 0.3 is 0 Å². The number of nitrogens with one attached hydrogen (secondary N) is 2. The zero-order valence-corrected chi connectivity index (χ0v) is 10.0. The fourth-order valence-electron chi connectivity index (χ4n) is 1.66. The van der Waals surface area contributed by atoms with Crippen molar-refractivity contribution in [2.75, 3.05) is 11.9 Å². The Kier molecular flexibility index (Phi) is 3.11. The van der Waals surface area contributed by atoms with Crippen molar-refractivity contribution < 1.29 is 4.79 Å². The lowest BCUT2D eigenvalue weighted by Crippen LogP contribution is -2.22. The quantitative estimate of drug-likeness (QED) is 0.865.